The maximum Gasteiger partial charge on any atom is 0.191 e. The Morgan fingerprint density at radius 3 is 2.63 bits per heavy atom. The van der Waals surface area contributed by atoms with Crippen LogP contribution < -0.4 is 10.6 Å². The molecule has 2 bridgehead atoms. The lowest BCUT2D eigenvalue weighted by Gasteiger charge is -2.33. The maximum absolute atomic E-state index is 5.93. The highest BCUT2D eigenvalue weighted by molar-refractivity contribution is 5.80. The van der Waals surface area contributed by atoms with Crippen molar-refractivity contribution in [2.45, 2.75) is 82.8 Å². The highest BCUT2D eigenvalue weighted by atomic mass is 16.5. The van der Waals surface area contributed by atoms with Gasteiger partial charge in [-0.15, -0.1) is 0 Å². The minimum atomic E-state index is 0.366. The molecule has 3 heterocycles. The monoisotopic (exact) mass is 370 g/mol. The van der Waals surface area contributed by atoms with E-state index >= 15 is 0 Å². The van der Waals surface area contributed by atoms with Crippen molar-refractivity contribution >= 4 is 5.96 Å². The van der Waals surface area contributed by atoms with Crippen LogP contribution in [0.2, 0.25) is 0 Å². The van der Waals surface area contributed by atoms with Gasteiger partial charge in [0.15, 0.2) is 5.96 Å². The van der Waals surface area contributed by atoms with Crippen molar-refractivity contribution in [2.24, 2.45) is 4.99 Å². The Morgan fingerprint density at radius 2 is 1.96 bits per heavy atom. The van der Waals surface area contributed by atoms with Gasteiger partial charge in [-0.2, -0.15) is 0 Å². The zero-order valence-electron chi connectivity index (χ0n) is 16.8. The van der Waals surface area contributed by atoms with Crippen molar-refractivity contribution in [2.75, 3.05) is 13.6 Å². The lowest BCUT2D eigenvalue weighted by Crippen LogP contribution is -2.47. The summed E-state index contributed by atoms with van der Waals surface area (Å²) in [5, 5.41) is 7.00. The molecule has 0 radical (unpaired) electrons. The van der Waals surface area contributed by atoms with Crippen LogP contribution in [0.5, 0.6) is 0 Å². The summed E-state index contributed by atoms with van der Waals surface area (Å²) in [4.78, 5) is 7.00. The first-order valence-corrected chi connectivity index (χ1v) is 10.7. The number of nitrogens with zero attached hydrogens (tertiary/aromatic N) is 2. The quantitative estimate of drug-likeness (QED) is 0.618. The van der Waals surface area contributed by atoms with E-state index in [2.05, 4.69) is 51.7 Å². The van der Waals surface area contributed by atoms with Crippen LogP contribution in [0.25, 0.3) is 0 Å². The molecular formula is C22H34N4O. The molecule has 4 atom stereocenters. The molecule has 5 nitrogen and oxygen atoms in total. The van der Waals surface area contributed by atoms with Crippen LogP contribution in [0.1, 0.15) is 56.6 Å². The van der Waals surface area contributed by atoms with Crippen LogP contribution >= 0.6 is 0 Å². The topological polar surface area (TPSA) is 48.9 Å². The molecule has 3 aliphatic heterocycles. The largest absolute Gasteiger partial charge is 0.373 e. The average Bonchev–Trinajstić information content (AvgIpc) is 3.31. The number of ether oxygens (including phenoxy) is 1. The second-order valence-electron chi connectivity index (χ2n) is 8.42. The number of rotatable bonds is 5. The van der Waals surface area contributed by atoms with Gasteiger partial charge in [0.2, 0.25) is 0 Å². The standard InChI is InChI=1S/C22H34N4O/c1-16-5-3-4-12-26(16)15-18-8-6-17(7-9-18)14-24-22(23-2)25-20-13-19-10-11-21(20)27-19/h6-9,16,19-21H,3-5,10-15H2,1-2H3,(H2,23,24,25). The fourth-order valence-corrected chi connectivity index (χ4v) is 4.74. The predicted octanol–water partition coefficient (Wildman–Crippen LogP) is 3.05. The zero-order chi connectivity index (χ0) is 18.6. The molecule has 0 spiro atoms. The van der Waals surface area contributed by atoms with E-state index in [-0.39, 0.29) is 0 Å². The number of likely N-dealkylation sites (tertiary alicyclic amines) is 1. The van der Waals surface area contributed by atoms with E-state index in [1.165, 1.54) is 49.8 Å². The van der Waals surface area contributed by atoms with Crippen molar-refractivity contribution in [3.8, 4) is 0 Å². The minimum Gasteiger partial charge on any atom is -0.373 e. The third kappa shape index (κ3) is 4.64. The molecule has 0 saturated carbocycles. The van der Waals surface area contributed by atoms with E-state index in [0.717, 1.165) is 25.5 Å². The smallest absolute Gasteiger partial charge is 0.191 e. The fourth-order valence-electron chi connectivity index (χ4n) is 4.74. The molecule has 3 fully saturated rings. The Bertz CT molecular complexity index is 644. The van der Waals surface area contributed by atoms with Gasteiger partial charge >= 0.3 is 0 Å². The Kier molecular flexibility index (Phi) is 5.98. The van der Waals surface area contributed by atoms with E-state index in [0.29, 0.717) is 24.3 Å². The van der Waals surface area contributed by atoms with Gasteiger partial charge in [0.05, 0.1) is 18.2 Å². The Morgan fingerprint density at radius 1 is 1.15 bits per heavy atom. The number of benzene rings is 1. The Labute approximate surface area is 163 Å². The summed E-state index contributed by atoms with van der Waals surface area (Å²) in [6.07, 6.45) is 8.38. The first kappa shape index (κ1) is 18.8. The van der Waals surface area contributed by atoms with Crippen LogP contribution in [0.15, 0.2) is 29.3 Å². The lowest BCUT2D eigenvalue weighted by molar-refractivity contribution is 0.0992. The van der Waals surface area contributed by atoms with Gasteiger partial charge in [-0.25, -0.2) is 0 Å². The maximum atomic E-state index is 5.93. The Balaban J connectivity index is 1.25. The molecular weight excluding hydrogens is 336 g/mol. The molecule has 4 unspecified atom stereocenters. The summed E-state index contributed by atoms with van der Waals surface area (Å²) < 4.78 is 5.93. The van der Waals surface area contributed by atoms with Crippen molar-refractivity contribution in [3.05, 3.63) is 35.4 Å². The molecule has 148 valence electrons. The summed E-state index contributed by atoms with van der Waals surface area (Å²) in [6, 6.07) is 10.2. The first-order valence-electron chi connectivity index (χ1n) is 10.7. The van der Waals surface area contributed by atoms with Crippen LogP contribution in [-0.2, 0) is 17.8 Å². The lowest BCUT2D eigenvalue weighted by atomic mass is 9.96. The van der Waals surface area contributed by atoms with E-state index in [4.69, 9.17) is 4.74 Å². The molecule has 0 aromatic heterocycles. The van der Waals surface area contributed by atoms with E-state index in [1.54, 1.807) is 0 Å². The second kappa shape index (κ2) is 8.61. The molecule has 3 saturated heterocycles. The van der Waals surface area contributed by atoms with Crippen LogP contribution in [0.4, 0.5) is 0 Å². The van der Waals surface area contributed by atoms with Crippen molar-refractivity contribution in [1.29, 1.82) is 0 Å². The number of hydrogen-bond donors (Lipinski definition) is 2. The highest BCUT2D eigenvalue weighted by Gasteiger charge is 2.41. The summed E-state index contributed by atoms with van der Waals surface area (Å²) in [5.41, 5.74) is 2.70. The van der Waals surface area contributed by atoms with E-state index in [9.17, 15) is 0 Å². The molecule has 0 aliphatic carbocycles. The van der Waals surface area contributed by atoms with Crippen molar-refractivity contribution in [3.63, 3.8) is 0 Å². The van der Waals surface area contributed by atoms with Gasteiger partial charge in [0.1, 0.15) is 0 Å². The van der Waals surface area contributed by atoms with Gasteiger partial charge in [-0.3, -0.25) is 9.89 Å². The van der Waals surface area contributed by atoms with Crippen LogP contribution in [0.3, 0.4) is 0 Å². The zero-order valence-corrected chi connectivity index (χ0v) is 16.8. The number of fused-ring (bicyclic) bond motifs is 2. The summed E-state index contributed by atoms with van der Waals surface area (Å²) in [7, 11) is 1.84. The number of piperidine rings is 1. The van der Waals surface area contributed by atoms with Gasteiger partial charge < -0.3 is 15.4 Å². The molecule has 27 heavy (non-hydrogen) atoms. The van der Waals surface area contributed by atoms with Gasteiger partial charge in [0.25, 0.3) is 0 Å². The molecule has 3 aliphatic rings. The third-order valence-electron chi connectivity index (χ3n) is 6.46. The number of nitrogens with one attached hydrogen (secondary N) is 2. The molecule has 1 aromatic carbocycles. The second-order valence-corrected chi connectivity index (χ2v) is 8.42. The SMILES string of the molecule is CN=C(NCc1ccc(CN2CCCCC2C)cc1)NC1CC2CCC1O2. The predicted molar refractivity (Wildman–Crippen MR) is 110 cm³/mol. The summed E-state index contributed by atoms with van der Waals surface area (Å²) in [6.45, 7) is 5.46. The van der Waals surface area contributed by atoms with Crippen LogP contribution in [0, 0.1) is 0 Å². The molecule has 1 aromatic rings. The van der Waals surface area contributed by atoms with E-state index in [1.807, 2.05) is 7.05 Å². The minimum absolute atomic E-state index is 0.366. The molecule has 5 heteroatoms. The highest BCUT2D eigenvalue weighted by Crippen LogP contribution is 2.34. The van der Waals surface area contributed by atoms with E-state index < -0.39 is 0 Å². The Hall–Kier alpha value is -1.59. The number of aliphatic imine (C=N–C) groups is 1. The number of hydrogen-bond acceptors (Lipinski definition) is 3. The summed E-state index contributed by atoms with van der Waals surface area (Å²) >= 11 is 0. The van der Waals surface area contributed by atoms with Gasteiger partial charge in [-0.1, -0.05) is 30.7 Å². The normalized spacial score (nSPS) is 31.3. The average molecular weight is 371 g/mol. The first-order chi connectivity index (χ1) is 13.2. The van der Waals surface area contributed by atoms with Crippen molar-refractivity contribution < 1.29 is 4.74 Å². The molecule has 4 rings (SSSR count). The number of guanidine groups is 1. The van der Waals surface area contributed by atoms with Crippen molar-refractivity contribution in [1.82, 2.24) is 15.5 Å². The molecule has 0 amide bonds. The van der Waals surface area contributed by atoms with Gasteiger partial charge in [0, 0.05) is 26.2 Å². The molecule has 2 N–H and O–H groups in total. The fraction of sp³-hybridized carbons (Fsp3) is 0.682. The van der Waals surface area contributed by atoms with Gasteiger partial charge in [-0.05, 0) is 56.7 Å². The third-order valence-corrected chi connectivity index (χ3v) is 6.46. The van der Waals surface area contributed by atoms with Crippen LogP contribution in [-0.4, -0.2) is 48.7 Å². The summed E-state index contributed by atoms with van der Waals surface area (Å²) in [5.74, 6) is 0.877.